The number of ketones is 1. The molecule has 0 N–H and O–H groups in total. The smallest absolute Gasteiger partial charge is 0.410 e. The van der Waals surface area contributed by atoms with E-state index in [1.807, 2.05) is 24.3 Å². The first kappa shape index (κ1) is 24.6. The molecule has 6 nitrogen and oxygen atoms in total. The van der Waals surface area contributed by atoms with Gasteiger partial charge in [0.15, 0.2) is 17.3 Å². The molecule has 3 aliphatic rings. The zero-order chi connectivity index (χ0) is 26.4. The number of amides is 1. The lowest BCUT2D eigenvalue weighted by Crippen LogP contribution is -2.60. The molecule has 8 heteroatoms. The topological polar surface area (TPSA) is 65.1 Å². The molecule has 2 heterocycles. The SMILES string of the molecule is COc1ccc(C(=O)C2CC3COCC(C2)N3C(=O)OCC2c3ccccc3-c3ccccc32)c(F)c1F. The van der Waals surface area contributed by atoms with Crippen LogP contribution < -0.4 is 4.74 Å². The Labute approximate surface area is 219 Å². The van der Waals surface area contributed by atoms with Crippen LogP contribution >= 0.6 is 0 Å². The van der Waals surface area contributed by atoms with Gasteiger partial charge in [-0.3, -0.25) is 9.69 Å². The molecule has 6 rings (SSSR count). The quantitative estimate of drug-likeness (QED) is 0.412. The highest BCUT2D eigenvalue weighted by molar-refractivity contribution is 5.98. The highest BCUT2D eigenvalue weighted by atomic mass is 19.2. The van der Waals surface area contributed by atoms with Gasteiger partial charge in [-0.2, -0.15) is 4.39 Å². The molecule has 1 aliphatic carbocycles. The number of halogens is 2. The Kier molecular flexibility index (Phi) is 6.35. The summed E-state index contributed by atoms with van der Waals surface area (Å²) in [5.41, 5.74) is 4.25. The number of nitrogens with zero attached hydrogens (tertiary/aromatic N) is 1. The lowest BCUT2D eigenvalue weighted by Gasteiger charge is -2.47. The summed E-state index contributed by atoms with van der Waals surface area (Å²) in [5, 5.41) is 0. The van der Waals surface area contributed by atoms with Gasteiger partial charge in [0.2, 0.25) is 5.82 Å². The molecular formula is C30H27F2NO5. The van der Waals surface area contributed by atoms with Crippen LogP contribution in [0.15, 0.2) is 60.7 Å². The summed E-state index contributed by atoms with van der Waals surface area (Å²) in [4.78, 5) is 28.2. The molecular weight excluding hydrogens is 492 g/mol. The lowest BCUT2D eigenvalue weighted by molar-refractivity contribution is -0.0748. The zero-order valence-corrected chi connectivity index (χ0v) is 20.9. The van der Waals surface area contributed by atoms with E-state index in [9.17, 15) is 18.4 Å². The van der Waals surface area contributed by atoms with Gasteiger partial charge in [-0.05, 0) is 47.2 Å². The molecule has 2 aliphatic heterocycles. The first-order chi connectivity index (χ1) is 18.5. The Bertz CT molecular complexity index is 1350. The van der Waals surface area contributed by atoms with Gasteiger partial charge in [-0.15, -0.1) is 0 Å². The van der Waals surface area contributed by atoms with Gasteiger partial charge in [0, 0.05) is 11.8 Å². The molecule has 0 saturated carbocycles. The molecule has 3 aromatic rings. The minimum absolute atomic E-state index is 0.0606. The molecule has 3 aromatic carbocycles. The van der Waals surface area contributed by atoms with Gasteiger partial charge in [-0.1, -0.05) is 48.5 Å². The molecule has 0 aromatic heterocycles. The first-order valence-electron chi connectivity index (χ1n) is 12.7. The van der Waals surface area contributed by atoms with E-state index in [4.69, 9.17) is 14.2 Å². The number of methoxy groups -OCH3 is 1. The first-order valence-corrected chi connectivity index (χ1v) is 12.7. The number of morpholine rings is 1. The molecule has 2 saturated heterocycles. The third-order valence-electron chi connectivity index (χ3n) is 7.97. The number of fused-ring (bicyclic) bond motifs is 5. The van der Waals surface area contributed by atoms with Crippen molar-refractivity contribution in [1.82, 2.24) is 4.90 Å². The highest BCUT2D eigenvalue weighted by Crippen LogP contribution is 2.45. The summed E-state index contributed by atoms with van der Waals surface area (Å²) >= 11 is 0. The van der Waals surface area contributed by atoms with E-state index in [2.05, 4.69) is 24.3 Å². The van der Waals surface area contributed by atoms with Crippen molar-refractivity contribution in [2.75, 3.05) is 26.9 Å². The molecule has 2 unspecified atom stereocenters. The highest BCUT2D eigenvalue weighted by Gasteiger charge is 2.45. The summed E-state index contributed by atoms with van der Waals surface area (Å²) in [6, 6.07) is 18.0. The average Bonchev–Trinajstić information content (AvgIpc) is 3.25. The zero-order valence-electron chi connectivity index (χ0n) is 20.9. The van der Waals surface area contributed by atoms with Crippen molar-refractivity contribution in [3.8, 4) is 16.9 Å². The molecule has 0 radical (unpaired) electrons. The van der Waals surface area contributed by atoms with Crippen molar-refractivity contribution >= 4 is 11.9 Å². The molecule has 38 heavy (non-hydrogen) atoms. The van der Waals surface area contributed by atoms with Crippen LogP contribution in [0.1, 0.15) is 40.2 Å². The molecule has 1 amide bonds. The van der Waals surface area contributed by atoms with Gasteiger partial charge >= 0.3 is 6.09 Å². The van der Waals surface area contributed by atoms with Crippen molar-refractivity contribution in [3.63, 3.8) is 0 Å². The number of rotatable bonds is 5. The Morgan fingerprint density at radius 1 is 0.895 bits per heavy atom. The Morgan fingerprint density at radius 2 is 1.50 bits per heavy atom. The van der Waals surface area contributed by atoms with E-state index in [1.54, 1.807) is 4.90 Å². The molecule has 2 bridgehead atoms. The van der Waals surface area contributed by atoms with E-state index in [1.165, 1.54) is 19.2 Å². The van der Waals surface area contributed by atoms with Crippen LogP contribution in [0.25, 0.3) is 11.1 Å². The minimum atomic E-state index is -1.21. The number of hydrogen-bond acceptors (Lipinski definition) is 5. The van der Waals surface area contributed by atoms with Crippen molar-refractivity contribution in [3.05, 3.63) is 89.0 Å². The van der Waals surface area contributed by atoms with Crippen molar-refractivity contribution in [2.24, 2.45) is 5.92 Å². The van der Waals surface area contributed by atoms with E-state index in [0.717, 1.165) is 22.3 Å². The van der Waals surface area contributed by atoms with Crippen molar-refractivity contribution < 1.29 is 32.6 Å². The van der Waals surface area contributed by atoms with Gasteiger partial charge < -0.3 is 14.2 Å². The normalized spacial score (nSPS) is 22.0. The van der Waals surface area contributed by atoms with Crippen LogP contribution in [0.5, 0.6) is 5.75 Å². The number of carbonyl (C=O) groups excluding carboxylic acids is 2. The predicted molar refractivity (Wildman–Crippen MR) is 135 cm³/mol. The predicted octanol–water partition coefficient (Wildman–Crippen LogP) is 5.58. The number of hydrogen-bond donors (Lipinski definition) is 0. The van der Waals surface area contributed by atoms with Crippen LogP contribution in [0, 0.1) is 17.6 Å². The third-order valence-corrected chi connectivity index (χ3v) is 7.97. The van der Waals surface area contributed by atoms with E-state index >= 15 is 0 Å². The summed E-state index contributed by atoms with van der Waals surface area (Å²) in [6.07, 6.45) is 0.122. The fourth-order valence-electron chi connectivity index (χ4n) is 6.20. The number of Topliss-reactive ketones (excluding diaryl/α,β-unsaturated/α-hetero) is 1. The van der Waals surface area contributed by atoms with Crippen LogP contribution in [-0.4, -0.2) is 55.8 Å². The molecule has 0 spiro atoms. The second kappa shape index (κ2) is 9.83. The van der Waals surface area contributed by atoms with Crippen LogP contribution in [0.2, 0.25) is 0 Å². The maximum absolute atomic E-state index is 14.6. The van der Waals surface area contributed by atoms with E-state index < -0.39 is 41.5 Å². The van der Waals surface area contributed by atoms with Crippen molar-refractivity contribution in [2.45, 2.75) is 30.8 Å². The largest absolute Gasteiger partial charge is 0.494 e. The van der Waals surface area contributed by atoms with Gasteiger partial charge in [0.25, 0.3) is 0 Å². The number of ether oxygens (including phenoxy) is 3. The standard InChI is InChI=1S/C30H27F2NO5/c1-36-26-11-10-24(27(31)28(26)32)29(34)17-12-18-14-37-15-19(13-17)33(18)30(35)38-16-25-22-8-4-2-6-20(22)21-7-3-5-9-23(21)25/h2-11,17-19,25H,12-16H2,1H3. The number of piperidine rings is 1. The summed E-state index contributed by atoms with van der Waals surface area (Å²) in [6.45, 7) is 0.705. The van der Waals surface area contributed by atoms with Gasteiger partial charge in [-0.25, -0.2) is 9.18 Å². The molecule has 196 valence electrons. The molecule has 2 atom stereocenters. The fraction of sp³-hybridized carbons (Fsp3) is 0.333. The maximum atomic E-state index is 14.6. The summed E-state index contributed by atoms with van der Waals surface area (Å²) in [5.74, 6) is -3.75. The monoisotopic (exact) mass is 519 g/mol. The van der Waals surface area contributed by atoms with Gasteiger partial charge in [0.05, 0.1) is 38.0 Å². The van der Waals surface area contributed by atoms with E-state index in [-0.39, 0.29) is 49.9 Å². The van der Waals surface area contributed by atoms with Crippen molar-refractivity contribution in [1.29, 1.82) is 0 Å². The average molecular weight is 520 g/mol. The van der Waals surface area contributed by atoms with E-state index in [0.29, 0.717) is 0 Å². The second-order valence-corrected chi connectivity index (χ2v) is 10.0. The van der Waals surface area contributed by atoms with Crippen LogP contribution in [0.3, 0.4) is 0 Å². The minimum Gasteiger partial charge on any atom is -0.494 e. The Hall–Kier alpha value is -3.78. The Balaban J connectivity index is 1.17. The maximum Gasteiger partial charge on any atom is 0.410 e. The Morgan fingerprint density at radius 3 is 2.11 bits per heavy atom. The van der Waals surface area contributed by atoms with Crippen LogP contribution in [0.4, 0.5) is 13.6 Å². The van der Waals surface area contributed by atoms with Crippen LogP contribution in [-0.2, 0) is 9.47 Å². The molecule has 2 fully saturated rings. The summed E-state index contributed by atoms with van der Waals surface area (Å²) < 4.78 is 45.2. The van der Waals surface area contributed by atoms with Gasteiger partial charge in [0.1, 0.15) is 6.61 Å². The summed E-state index contributed by atoms with van der Waals surface area (Å²) in [7, 11) is 1.24. The fourth-order valence-corrected chi connectivity index (χ4v) is 6.20. The lowest BCUT2D eigenvalue weighted by atomic mass is 9.80. The number of benzene rings is 3. The number of carbonyl (C=O) groups is 2. The second-order valence-electron chi connectivity index (χ2n) is 10.0. The third kappa shape index (κ3) is 4.04.